The molecule has 1 atom stereocenters. The first kappa shape index (κ1) is 28.8. The van der Waals surface area contributed by atoms with Gasteiger partial charge in [-0.3, -0.25) is 9.47 Å². The molecule has 42 heavy (non-hydrogen) atoms. The Hall–Kier alpha value is -3.33. The number of ether oxygens (including phenoxy) is 2. The van der Waals surface area contributed by atoms with Crippen molar-refractivity contribution in [1.29, 1.82) is 0 Å². The lowest BCUT2D eigenvalue weighted by molar-refractivity contribution is -0.186. The van der Waals surface area contributed by atoms with E-state index in [0.29, 0.717) is 31.8 Å². The van der Waals surface area contributed by atoms with E-state index in [1.807, 2.05) is 39.8 Å². The van der Waals surface area contributed by atoms with Gasteiger partial charge in [0.1, 0.15) is 11.3 Å². The van der Waals surface area contributed by atoms with Crippen LogP contribution in [0.2, 0.25) is 0 Å². The summed E-state index contributed by atoms with van der Waals surface area (Å²) in [6.45, 7) is 8.90. The summed E-state index contributed by atoms with van der Waals surface area (Å²) < 4.78 is 40.4. The van der Waals surface area contributed by atoms with Crippen molar-refractivity contribution < 1.29 is 27.8 Å². The van der Waals surface area contributed by atoms with Gasteiger partial charge in [0.05, 0.1) is 12.6 Å². The van der Waals surface area contributed by atoms with Crippen LogP contribution < -0.4 is 0 Å². The molecule has 7 nitrogen and oxygen atoms in total. The van der Waals surface area contributed by atoms with Crippen LogP contribution in [0.25, 0.3) is 10.9 Å². The van der Waals surface area contributed by atoms with Crippen LogP contribution >= 0.6 is 0 Å². The van der Waals surface area contributed by atoms with Crippen molar-refractivity contribution in [3.63, 3.8) is 0 Å². The predicted molar refractivity (Wildman–Crippen MR) is 155 cm³/mol. The summed E-state index contributed by atoms with van der Waals surface area (Å²) in [5.41, 5.74) is 4.46. The number of hydrogen-bond donors (Lipinski definition) is 0. The minimum Gasteiger partial charge on any atom is -0.464 e. The maximum absolute atomic E-state index is 14.1. The first-order chi connectivity index (χ1) is 19.8. The molecule has 3 fully saturated rings. The first-order valence-electron chi connectivity index (χ1n) is 14.8. The van der Waals surface area contributed by atoms with Crippen LogP contribution in [0.3, 0.4) is 0 Å². The van der Waals surface area contributed by atoms with Crippen molar-refractivity contribution >= 4 is 23.0 Å². The zero-order valence-corrected chi connectivity index (χ0v) is 25.0. The SMILES string of the molecule is COC(=O)c1ccc([C@@H]2CC3(CCN2Cc2c(C4CC4)cc(C)c4c2ccn4C(=O)OC(C)(C)C)CC(F)(F)C3)cn1. The minimum atomic E-state index is -2.60. The predicted octanol–water partition coefficient (Wildman–Crippen LogP) is 7.54. The second kappa shape index (κ2) is 10.1. The molecule has 9 heteroatoms. The number of esters is 1. The normalized spacial score (nSPS) is 21.7. The molecule has 0 unspecified atom stereocenters. The standard InChI is InChI=1S/C33H39F2N3O4/c1-20-14-24(21-6-7-21)25(23-10-12-38(28(20)23)30(40)42-31(2,3)4)17-37-13-11-32(18-33(34,35)19-32)15-27(37)22-8-9-26(36-16-22)29(39)41-5/h8-10,12,14,16,21,27H,6-7,11,13,15,17-19H2,1-5H3/t27-/m0/s1. The molecule has 2 aliphatic carbocycles. The molecule has 1 aromatic carbocycles. The number of fused-ring (bicyclic) bond motifs is 1. The topological polar surface area (TPSA) is 73.7 Å². The largest absolute Gasteiger partial charge is 0.464 e. The molecule has 0 bridgehead atoms. The lowest BCUT2D eigenvalue weighted by Gasteiger charge is -2.54. The minimum absolute atomic E-state index is 0.0845. The number of nitrogens with zero attached hydrogens (tertiary/aromatic N) is 3. The summed E-state index contributed by atoms with van der Waals surface area (Å²) in [6.07, 6.45) is 6.47. The number of benzene rings is 1. The average Bonchev–Trinajstić information content (AvgIpc) is 3.65. The van der Waals surface area contributed by atoms with E-state index in [0.717, 1.165) is 34.9 Å². The lowest BCUT2D eigenvalue weighted by atomic mass is 9.59. The van der Waals surface area contributed by atoms with Crippen LogP contribution in [0.4, 0.5) is 13.6 Å². The zero-order chi connectivity index (χ0) is 30.0. The van der Waals surface area contributed by atoms with Gasteiger partial charge in [0.15, 0.2) is 0 Å². The summed E-state index contributed by atoms with van der Waals surface area (Å²) in [7, 11) is 1.32. The molecule has 224 valence electrons. The number of alkyl halides is 2. The fraction of sp³-hybridized carbons (Fsp3) is 0.545. The number of rotatable bonds is 5. The van der Waals surface area contributed by atoms with Crippen LogP contribution in [0, 0.1) is 12.3 Å². The van der Waals surface area contributed by atoms with Crippen LogP contribution in [0.15, 0.2) is 36.7 Å². The average molecular weight is 580 g/mol. The van der Waals surface area contributed by atoms with Gasteiger partial charge in [-0.15, -0.1) is 0 Å². The van der Waals surface area contributed by atoms with Gasteiger partial charge in [0, 0.05) is 43.2 Å². The van der Waals surface area contributed by atoms with Crippen molar-refractivity contribution in [2.45, 2.75) is 96.2 Å². The van der Waals surface area contributed by atoms with E-state index in [1.54, 1.807) is 23.0 Å². The fourth-order valence-electron chi connectivity index (χ4n) is 7.11. The van der Waals surface area contributed by atoms with E-state index < -0.39 is 29.0 Å². The van der Waals surface area contributed by atoms with Crippen molar-refractivity contribution in [3.05, 3.63) is 64.6 Å². The van der Waals surface area contributed by atoms with Crippen molar-refractivity contribution in [3.8, 4) is 0 Å². The molecule has 3 heterocycles. The smallest absolute Gasteiger partial charge is 0.418 e. The lowest BCUT2D eigenvalue weighted by Crippen LogP contribution is -2.53. The Morgan fingerprint density at radius 2 is 1.88 bits per heavy atom. The Balaban J connectivity index is 1.38. The second-order valence-corrected chi connectivity index (χ2v) is 13.6. The van der Waals surface area contributed by atoms with Gasteiger partial charge in [-0.05, 0) is 106 Å². The molecule has 0 amide bonds. The van der Waals surface area contributed by atoms with Crippen LogP contribution in [-0.2, 0) is 16.0 Å². The van der Waals surface area contributed by atoms with E-state index in [-0.39, 0.29) is 24.6 Å². The number of aryl methyl sites for hydroxylation is 1. The molecule has 2 aromatic heterocycles. The molecular weight excluding hydrogens is 540 g/mol. The van der Waals surface area contributed by atoms with E-state index in [9.17, 15) is 18.4 Å². The fourth-order valence-corrected chi connectivity index (χ4v) is 7.11. The Bertz CT molecular complexity index is 1530. The number of piperidine rings is 1. The maximum atomic E-state index is 14.1. The van der Waals surface area contributed by atoms with Crippen molar-refractivity contribution in [1.82, 2.24) is 14.5 Å². The Labute approximate surface area is 245 Å². The van der Waals surface area contributed by atoms with Gasteiger partial charge in [0.25, 0.3) is 0 Å². The van der Waals surface area contributed by atoms with Crippen LogP contribution in [0.1, 0.15) is 104 Å². The zero-order valence-electron chi connectivity index (χ0n) is 25.0. The Kier molecular flexibility index (Phi) is 6.95. The third kappa shape index (κ3) is 5.43. The monoisotopic (exact) mass is 579 g/mol. The van der Waals surface area contributed by atoms with Crippen molar-refractivity contribution in [2.75, 3.05) is 13.7 Å². The number of likely N-dealkylation sites (tertiary alicyclic amines) is 1. The molecule has 1 saturated heterocycles. The summed E-state index contributed by atoms with van der Waals surface area (Å²) in [4.78, 5) is 31.9. The number of carbonyl (C=O) groups is 2. The Morgan fingerprint density at radius 1 is 1.14 bits per heavy atom. The first-order valence-corrected chi connectivity index (χ1v) is 14.8. The molecular formula is C33H39F2N3O4. The van der Waals surface area contributed by atoms with Gasteiger partial charge in [0.2, 0.25) is 5.92 Å². The highest BCUT2D eigenvalue weighted by Gasteiger charge is 2.58. The molecule has 1 spiro atoms. The molecule has 6 rings (SSSR count). The third-order valence-corrected chi connectivity index (χ3v) is 9.10. The molecule has 3 aromatic rings. The van der Waals surface area contributed by atoms with Gasteiger partial charge in [-0.1, -0.05) is 12.1 Å². The third-order valence-electron chi connectivity index (χ3n) is 9.10. The number of methoxy groups -OCH3 is 1. The number of carbonyl (C=O) groups excluding carboxylic acids is 2. The number of aromatic nitrogens is 2. The highest BCUT2D eigenvalue weighted by Crippen LogP contribution is 2.60. The Morgan fingerprint density at radius 3 is 2.48 bits per heavy atom. The molecule has 2 saturated carbocycles. The number of pyridine rings is 1. The quantitative estimate of drug-likeness (QED) is 0.291. The van der Waals surface area contributed by atoms with Gasteiger partial charge >= 0.3 is 12.1 Å². The van der Waals surface area contributed by atoms with Crippen LogP contribution in [0.5, 0.6) is 0 Å². The molecule has 0 radical (unpaired) electrons. The van der Waals surface area contributed by atoms with Gasteiger partial charge in [-0.2, -0.15) is 0 Å². The molecule has 3 aliphatic rings. The summed E-state index contributed by atoms with van der Waals surface area (Å²) in [5, 5.41) is 1.02. The highest BCUT2D eigenvalue weighted by molar-refractivity contribution is 5.94. The summed E-state index contributed by atoms with van der Waals surface area (Å²) in [6, 6.07) is 7.61. The second-order valence-electron chi connectivity index (χ2n) is 13.6. The molecule has 1 aliphatic heterocycles. The number of halogens is 2. The van der Waals surface area contributed by atoms with Crippen LogP contribution in [-0.4, -0.2) is 51.7 Å². The molecule has 0 N–H and O–H groups in total. The van der Waals surface area contributed by atoms with Gasteiger partial charge in [-0.25, -0.2) is 23.4 Å². The summed E-state index contributed by atoms with van der Waals surface area (Å²) in [5.74, 6) is -2.64. The van der Waals surface area contributed by atoms with E-state index in [2.05, 4.69) is 16.0 Å². The maximum Gasteiger partial charge on any atom is 0.418 e. The van der Waals surface area contributed by atoms with E-state index in [4.69, 9.17) is 9.47 Å². The summed E-state index contributed by atoms with van der Waals surface area (Å²) >= 11 is 0. The number of hydrogen-bond acceptors (Lipinski definition) is 6. The van der Waals surface area contributed by atoms with E-state index in [1.165, 1.54) is 18.2 Å². The highest BCUT2D eigenvalue weighted by atomic mass is 19.3. The van der Waals surface area contributed by atoms with E-state index >= 15 is 0 Å². The van der Waals surface area contributed by atoms with Crippen molar-refractivity contribution in [2.24, 2.45) is 5.41 Å². The van der Waals surface area contributed by atoms with Gasteiger partial charge < -0.3 is 9.47 Å².